The highest BCUT2D eigenvalue weighted by Crippen LogP contribution is 2.19. The Labute approximate surface area is 126 Å². The molecule has 0 saturated heterocycles. The molecule has 0 aliphatic carbocycles. The van der Waals surface area contributed by atoms with Gasteiger partial charge in [-0.05, 0) is 6.42 Å². The molecule has 1 unspecified atom stereocenters. The third-order valence-corrected chi connectivity index (χ3v) is 3.68. The molecule has 112 valence electrons. The number of nitrogens with one attached hydrogen (secondary N) is 2. The van der Waals surface area contributed by atoms with Gasteiger partial charge in [0.05, 0.1) is 0 Å². The quantitative estimate of drug-likeness (QED) is 0.409. The van der Waals surface area contributed by atoms with Crippen LogP contribution in [0.5, 0.6) is 0 Å². The van der Waals surface area contributed by atoms with E-state index in [0.717, 1.165) is 12.0 Å². The minimum absolute atomic E-state index is 0.547. The summed E-state index contributed by atoms with van der Waals surface area (Å²) in [6.07, 6.45) is 2.52. The molecule has 0 aliphatic heterocycles. The van der Waals surface area contributed by atoms with Crippen molar-refractivity contribution in [2.45, 2.75) is 6.42 Å². The van der Waals surface area contributed by atoms with Crippen LogP contribution in [0.25, 0.3) is 11.4 Å². The second-order valence-corrected chi connectivity index (χ2v) is 6.08. The van der Waals surface area contributed by atoms with E-state index in [4.69, 9.17) is 5.84 Å². The number of nitrogens with zero attached hydrogens (tertiary/aromatic N) is 2. The van der Waals surface area contributed by atoms with Gasteiger partial charge in [0.2, 0.25) is 0 Å². The molecule has 21 heavy (non-hydrogen) atoms. The van der Waals surface area contributed by atoms with Crippen molar-refractivity contribution in [3.8, 4) is 11.4 Å². The average Bonchev–Trinajstić information content (AvgIpc) is 2.52. The van der Waals surface area contributed by atoms with E-state index in [0.29, 0.717) is 29.8 Å². The Morgan fingerprint density at radius 2 is 1.90 bits per heavy atom. The summed E-state index contributed by atoms with van der Waals surface area (Å²) >= 11 is 0. The Morgan fingerprint density at radius 1 is 1.19 bits per heavy atom. The Hall–Kier alpha value is -1.99. The summed E-state index contributed by atoms with van der Waals surface area (Å²) in [5.74, 6) is 7.97. The van der Waals surface area contributed by atoms with Crippen molar-refractivity contribution in [3.05, 3.63) is 36.4 Å². The van der Waals surface area contributed by atoms with Crippen molar-refractivity contribution in [2.24, 2.45) is 5.84 Å². The fourth-order valence-corrected chi connectivity index (χ4v) is 2.37. The lowest BCUT2D eigenvalue weighted by Crippen LogP contribution is -2.12. The van der Waals surface area contributed by atoms with E-state index in [-0.39, 0.29) is 0 Å². The maximum atomic E-state index is 11.0. The van der Waals surface area contributed by atoms with Crippen LogP contribution in [0.15, 0.2) is 36.4 Å². The summed E-state index contributed by atoms with van der Waals surface area (Å²) in [7, 11) is -0.769. The van der Waals surface area contributed by atoms with Crippen LogP contribution >= 0.6 is 0 Å². The summed E-state index contributed by atoms with van der Waals surface area (Å²) < 4.78 is 11.0. The van der Waals surface area contributed by atoms with Crippen LogP contribution in [0, 0.1) is 0 Å². The number of nitrogen functional groups attached to an aromatic ring is 1. The van der Waals surface area contributed by atoms with Gasteiger partial charge in [-0.1, -0.05) is 30.3 Å². The van der Waals surface area contributed by atoms with Gasteiger partial charge in [-0.25, -0.2) is 15.8 Å². The highest BCUT2D eigenvalue weighted by atomic mass is 32.2. The summed E-state index contributed by atoms with van der Waals surface area (Å²) in [5.41, 5.74) is 3.47. The molecule has 0 saturated carbocycles. The van der Waals surface area contributed by atoms with Crippen LogP contribution in [-0.4, -0.2) is 32.7 Å². The zero-order valence-corrected chi connectivity index (χ0v) is 12.7. The Morgan fingerprint density at radius 3 is 2.57 bits per heavy atom. The van der Waals surface area contributed by atoms with E-state index >= 15 is 0 Å². The van der Waals surface area contributed by atoms with Gasteiger partial charge in [0.1, 0.15) is 11.6 Å². The Bertz CT molecular complexity index is 606. The largest absolute Gasteiger partial charge is 0.370 e. The molecule has 6 nitrogen and oxygen atoms in total. The summed E-state index contributed by atoms with van der Waals surface area (Å²) in [4.78, 5) is 8.82. The number of hydrazine groups is 1. The van der Waals surface area contributed by atoms with Gasteiger partial charge in [0, 0.05) is 41.0 Å². The van der Waals surface area contributed by atoms with Crippen LogP contribution in [0.3, 0.4) is 0 Å². The number of benzene rings is 1. The molecule has 0 radical (unpaired) electrons. The SMILES string of the molecule is CS(=O)CCCNc1cc(NN)nc(-c2ccccc2)n1. The molecule has 1 atom stereocenters. The molecular formula is C14H19N5OS. The van der Waals surface area contributed by atoms with Crippen LogP contribution in [0.1, 0.15) is 6.42 Å². The van der Waals surface area contributed by atoms with Gasteiger partial charge in [0.25, 0.3) is 0 Å². The van der Waals surface area contributed by atoms with E-state index in [1.165, 1.54) is 0 Å². The van der Waals surface area contributed by atoms with Crippen LogP contribution in [-0.2, 0) is 10.8 Å². The molecule has 0 aliphatic rings. The topological polar surface area (TPSA) is 92.9 Å². The molecule has 1 heterocycles. The van der Waals surface area contributed by atoms with Crippen molar-refractivity contribution >= 4 is 22.4 Å². The van der Waals surface area contributed by atoms with Crippen molar-refractivity contribution in [2.75, 3.05) is 29.3 Å². The van der Waals surface area contributed by atoms with Gasteiger partial charge < -0.3 is 10.7 Å². The first-order valence-corrected chi connectivity index (χ1v) is 8.37. The number of aromatic nitrogens is 2. The van der Waals surface area contributed by atoms with Crippen molar-refractivity contribution < 1.29 is 4.21 Å². The van der Waals surface area contributed by atoms with Gasteiger partial charge in [0.15, 0.2) is 5.82 Å². The maximum Gasteiger partial charge on any atom is 0.163 e. The normalized spacial score (nSPS) is 11.9. The monoisotopic (exact) mass is 305 g/mol. The average molecular weight is 305 g/mol. The third kappa shape index (κ3) is 4.80. The van der Waals surface area contributed by atoms with Gasteiger partial charge in [-0.15, -0.1) is 0 Å². The first kappa shape index (κ1) is 15.4. The van der Waals surface area contributed by atoms with Gasteiger partial charge in [-0.3, -0.25) is 4.21 Å². The standard InChI is InChI=1S/C14H19N5OS/c1-21(20)9-5-8-16-12-10-13(19-15)18-14(17-12)11-6-3-2-4-7-11/h2-4,6-7,10H,5,8-9,15H2,1H3,(H2,16,17,18,19). The van der Waals surface area contributed by atoms with Crippen LogP contribution in [0.4, 0.5) is 11.6 Å². The Balaban J connectivity index is 2.12. The lowest BCUT2D eigenvalue weighted by molar-refractivity contribution is 0.685. The number of hydrogen-bond donors (Lipinski definition) is 3. The maximum absolute atomic E-state index is 11.0. The molecule has 7 heteroatoms. The van der Waals surface area contributed by atoms with Gasteiger partial charge in [-0.2, -0.15) is 0 Å². The lowest BCUT2D eigenvalue weighted by atomic mass is 10.2. The zero-order chi connectivity index (χ0) is 15.1. The van der Waals surface area contributed by atoms with Gasteiger partial charge >= 0.3 is 0 Å². The molecule has 0 fully saturated rings. The molecule has 1 aromatic heterocycles. The van der Waals surface area contributed by atoms with Crippen LogP contribution < -0.4 is 16.6 Å². The van der Waals surface area contributed by atoms with Crippen molar-refractivity contribution in [1.82, 2.24) is 9.97 Å². The summed E-state index contributed by atoms with van der Waals surface area (Å²) in [5, 5.41) is 3.20. The molecule has 2 rings (SSSR count). The number of nitrogens with two attached hydrogens (primary N) is 1. The third-order valence-electron chi connectivity index (χ3n) is 2.82. The summed E-state index contributed by atoms with van der Waals surface area (Å²) in [6, 6.07) is 11.4. The molecule has 0 spiro atoms. The first-order valence-electron chi connectivity index (χ1n) is 6.64. The number of hydrogen-bond acceptors (Lipinski definition) is 6. The highest BCUT2D eigenvalue weighted by Gasteiger charge is 2.06. The summed E-state index contributed by atoms with van der Waals surface area (Å²) in [6.45, 7) is 0.703. The van der Waals surface area contributed by atoms with Crippen molar-refractivity contribution in [3.63, 3.8) is 0 Å². The molecule has 0 amide bonds. The van der Waals surface area contributed by atoms with E-state index < -0.39 is 10.8 Å². The van der Waals surface area contributed by atoms with Crippen molar-refractivity contribution in [1.29, 1.82) is 0 Å². The zero-order valence-electron chi connectivity index (χ0n) is 11.9. The smallest absolute Gasteiger partial charge is 0.163 e. The highest BCUT2D eigenvalue weighted by molar-refractivity contribution is 7.84. The molecule has 0 bridgehead atoms. The predicted molar refractivity (Wildman–Crippen MR) is 87.3 cm³/mol. The fraction of sp³-hybridized carbons (Fsp3) is 0.286. The van der Waals surface area contributed by atoms with E-state index in [1.807, 2.05) is 30.3 Å². The molecule has 1 aromatic carbocycles. The Kier molecular flexibility index (Phi) is 5.65. The second-order valence-electron chi connectivity index (χ2n) is 4.53. The number of rotatable bonds is 7. The molecular weight excluding hydrogens is 286 g/mol. The van der Waals surface area contributed by atoms with E-state index in [9.17, 15) is 4.21 Å². The van der Waals surface area contributed by atoms with E-state index in [1.54, 1.807) is 12.3 Å². The second kappa shape index (κ2) is 7.70. The molecule has 4 N–H and O–H groups in total. The number of anilines is 2. The lowest BCUT2D eigenvalue weighted by Gasteiger charge is -2.09. The minimum atomic E-state index is -0.769. The molecule has 2 aromatic rings. The minimum Gasteiger partial charge on any atom is -0.370 e. The fourth-order valence-electron chi connectivity index (χ4n) is 1.82. The predicted octanol–water partition coefficient (Wildman–Crippen LogP) is 1.61. The first-order chi connectivity index (χ1) is 10.2. The van der Waals surface area contributed by atoms with Crippen LogP contribution in [0.2, 0.25) is 0 Å². The van der Waals surface area contributed by atoms with E-state index in [2.05, 4.69) is 20.7 Å².